The molecule has 0 heterocycles. The van der Waals surface area contributed by atoms with Crippen LogP contribution in [0.5, 0.6) is 23.0 Å². The first-order chi connectivity index (χ1) is 10.5. The standard InChI is InChI=1S/C18H20O4/c1-11-6-12(2)13(3)15(7-11)22-17-9-14(10-19)8-16(20-4)18(17)21-5/h6-10H,1-5H3. The molecular formula is C18H20O4. The number of aldehydes is 1. The Balaban J connectivity index is 2.55. The molecule has 0 aliphatic rings. The van der Waals surface area contributed by atoms with Gasteiger partial charge in [-0.1, -0.05) is 6.07 Å². The third-order valence-corrected chi connectivity index (χ3v) is 3.59. The van der Waals surface area contributed by atoms with Gasteiger partial charge in [-0.25, -0.2) is 0 Å². The maximum absolute atomic E-state index is 11.1. The van der Waals surface area contributed by atoms with Gasteiger partial charge in [0.15, 0.2) is 11.5 Å². The zero-order valence-corrected chi connectivity index (χ0v) is 13.5. The fraction of sp³-hybridized carbons (Fsp3) is 0.278. The minimum Gasteiger partial charge on any atom is -0.493 e. The Kier molecular flexibility index (Phi) is 4.71. The van der Waals surface area contributed by atoms with E-state index >= 15 is 0 Å². The highest BCUT2D eigenvalue weighted by molar-refractivity contribution is 5.78. The summed E-state index contributed by atoms with van der Waals surface area (Å²) in [4.78, 5) is 11.1. The molecule has 0 radical (unpaired) electrons. The Bertz CT molecular complexity index is 705. The van der Waals surface area contributed by atoms with E-state index in [1.54, 1.807) is 19.2 Å². The number of carbonyl (C=O) groups excluding carboxylic acids is 1. The zero-order chi connectivity index (χ0) is 16.3. The lowest BCUT2D eigenvalue weighted by Crippen LogP contribution is -1.98. The van der Waals surface area contributed by atoms with E-state index in [0.717, 1.165) is 28.7 Å². The molecule has 116 valence electrons. The molecule has 4 heteroatoms. The van der Waals surface area contributed by atoms with Gasteiger partial charge in [-0.2, -0.15) is 0 Å². The molecule has 0 atom stereocenters. The normalized spacial score (nSPS) is 10.2. The van der Waals surface area contributed by atoms with E-state index in [9.17, 15) is 4.79 Å². The Morgan fingerprint density at radius 1 is 0.864 bits per heavy atom. The van der Waals surface area contributed by atoms with E-state index in [1.807, 2.05) is 26.8 Å². The average Bonchev–Trinajstić information content (AvgIpc) is 2.51. The number of benzene rings is 2. The topological polar surface area (TPSA) is 44.8 Å². The number of rotatable bonds is 5. The van der Waals surface area contributed by atoms with Crippen LogP contribution >= 0.6 is 0 Å². The lowest BCUT2D eigenvalue weighted by Gasteiger charge is -2.16. The molecule has 0 bridgehead atoms. The first-order valence-electron chi connectivity index (χ1n) is 6.97. The van der Waals surface area contributed by atoms with Gasteiger partial charge in [0, 0.05) is 5.56 Å². The number of hydrogen-bond acceptors (Lipinski definition) is 4. The average molecular weight is 300 g/mol. The van der Waals surface area contributed by atoms with Crippen molar-refractivity contribution in [1.29, 1.82) is 0 Å². The summed E-state index contributed by atoms with van der Waals surface area (Å²) < 4.78 is 16.7. The maximum Gasteiger partial charge on any atom is 0.203 e. The van der Waals surface area contributed by atoms with Gasteiger partial charge in [-0.05, 0) is 55.7 Å². The van der Waals surface area contributed by atoms with Gasteiger partial charge >= 0.3 is 0 Å². The van der Waals surface area contributed by atoms with Gasteiger partial charge in [0.1, 0.15) is 12.0 Å². The largest absolute Gasteiger partial charge is 0.493 e. The number of aryl methyl sites for hydroxylation is 2. The first kappa shape index (κ1) is 15.9. The van der Waals surface area contributed by atoms with Crippen molar-refractivity contribution in [3.8, 4) is 23.0 Å². The predicted octanol–water partition coefficient (Wildman–Crippen LogP) is 4.23. The first-order valence-corrected chi connectivity index (χ1v) is 6.97. The third kappa shape index (κ3) is 3.06. The van der Waals surface area contributed by atoms with Crippen LogP contribution < -0.4 is 14.2 Å². The smallest absolute Gasteiger partial charge is 0.203 e. The van der Waals surface area contributed by atoms with Gasteiger partial charge < -0.3 is 14.2 Å². The van der Waals surface area contributed by atoms with E-state index in [1.165, 1.54) is 7.11 Å². The van der Waals surface area contributed by atoms with E-state index in [2.05, 4.69) is 6.07 Å². The monoisotopic (exact) mass is 300 g/mol. The second-order valence-electron chi connectivity index (χ2n) is 5.18. The molecule has 0 N–H and O–H groups in total. The lowest BCUT2D eigenvalue weighted by atomic mass is 10.1. The number of ether oxygens (including phenoxy) is 3. The predicted molar refractivity (Wildman–Crippen MR) is 85.7 cm³/mol. The summed E-state index contributed by atoms with van der Waals surface area (Å²) in [6.45, 7) is 6.05. The molecule has 2 aromatic carbocycles. The fourth-order valence-corrected chi connectivity index (χ4v) is 2.32. The molecule has 0 saturated heterocycles. The van der Waals surface area contributed by atoms with Crippen LogP contribution in [-0.2, 0) is 0 Å². The number of carbonyl (C=O) groups is 1. The molecule has 0 saturated carbocycles. The summed E-state index contributed by atoms with van der Waals surface area (Å²) in [7, 11) is 3.07. The van der Waals surface area contributed by atoms with Crippen molar-refractivity contribution in [2.24, 2.45) is 0 Å². The highest BCUT2D eigenvalue weighted by Gasteiger charge is 2.16. The van der Waals surface area contributed by atoms with Crippen molar-refractivity contribution < 1.29 is 19.0 Å². The number of hydrogen-bond donors (Lipinski definition) is 0. The third-order valence-electron chi connectivity index (χ3n) is 3.59. The SMILES string of the molecule is COc1cc(C=O)cc(Oc2cc(C)cc(C)c2C)c1OC. The quantitative estimate of drug-likeness (QED) is 0.775. The van der Waals surface area contributed by atoms with Crippen molar-refractivity contribution in [2.75, 3.05) is 14.2 Å². The zero-order valence-electron chi connectivity index (χ0n) is 13.5. The Morgan fingerprint density at radius 3 is 2.14 bits per heavy atom. The van der Waals surface area contributed by atoms with Gasteiger partial charge in [0.05, 0.1) is 14.2 Å². The molecule has 22 heavy (non-hydrogen) atoms. The van der Waals surface area contributed by atoms with Crippen molar-refractivity contribution in [2.45, 2.75) is 20.8 Å². The van der Waals surface area contributed by atoms with Crippen molar-refractivity contribution in [3.63, 3.8) is 0 Å². The van der Waals surface area contributed by atoms with Gasteiger partial charge in [-0.3, -0.25) is 4.79 Å². The molecule has 2 aromatic rings. The molecule has 0 unspecified atom stereocenters. The highest BCUT2D eigenvalue weighted by Crippen LogP contribution is 2.41. The van der Waals surface area contributed by atoms with E-state index in [4.69, 9.17) is 14.2 Å². The molecule has 0 aliphatic heterocycles. The number of methoxy groups -OCH3 is 2. The summed E-state index contributed by atoms with van der Waals surface area (Å²) in [5, 5.41) is 0. The molecule has 2 rings (SSSR count). The lowest BCUT2D eigenvalue weighted by molar-refractivity contribution is 0.112. The Hall–Kier alpha value is -2.49. The van der Waals surface area contributed by atoms with Gasteiger partial charge in [0.25, 0.3) is 0 Å². The summed E-state index contributed by atoms with van der Waals surface area (Å²) in [6.07, 6.45) is 0.753. The molecule has 0 fully saturated rings. The van der Waals surface area contributed by atoms with Crippen LogP contribution in [0.2, 0.25) is 0 Å². The van der Waals surface area contributed by atoms with Crippen molar-refractivity contribution in [1.82, 2.24) is 0 Å². The van der Waals surface area contributed by atoms with Crippen LogP contribution in [0.15, 0.2) is 24.3 Å². The molecular weight excluding hydrogens is 280 g/mol. The molecule has 0 spiro atoms. The molecule has 0 aromatic heterocycles. The minimum absolute atomic E-state index is 0.456. The van der Waals surface area contributed by atoms with Gasteiger partial charge in [0.2, 0.25) is 5.75 Å². The van der Waals surface area contributed by atoms with Crippen LogP contribution in [0, 0.1) is 20.8 Å². The van der Waals surface area contributed by atoms with Crippen LogP contribution in [0.4, 0.5) is 0 Å². The Labute approximate surface area is 130 Å². The fourth-order valence-electron chi connectivity index (χ4n) is 2.32. The molecule has 4 nitrogen and oxygen atoms in total. The van der Waals surface area contributed by atoms with E-state index < -0.39 is 0 Å². The summed E-state index contributed by atoms with van der Waals surface area (Å²) in [5.74, 6) is 2.12. The second kappa shape index (κ2) is 6.52. The maximum atomic E-state index is 11.1. The van der Waals surface area contributed by atoms with E-state index in [0.29, 0.717) is 22.8 Å². The van der Waals surface area contributed by atoms with Crippen LogP contribution in [0.1, 0.15) is 27.0 Å². The van der Waals surface area contributed by atoms with Crippen LogP contribution in [-0.4, -0.2) is 20.5 Å². The molecule has 0 amide bonds. The summed E-state index contributed by atoms with van der Waals surface area (Å²) in [5.41, 5.74) is 3.76. The Morgan fingerprint density at radius 2 is 1.55 bits per heavy atom. The minimum atomic E-state index is 0.456. The van der Waals surface area contributed by atoms with E-state index in [-0.39, 0.29) is 0 Å². The van der Waals surface area contributed by atoms with Crippen molar-refractivity contribution >= 4 is 6.29 Å². The van der Waals surface area contributed by atoms with Crippen LogP contribution in [0.25, 0.3) is 0 Å². The van der Waals surface area contributed by atoms with Gasteiger partial charge in [-0.15, -0.1) is 0 Å². The highest BCUT2D eigenvalue weighted by atomic mass is 16.5. The molecule has 0 aliphatic carbocycles. The van der Waals surface area contributed by atoms with Crippen LogP contribution in [0.3, 0.4) is 0 Å². The second-order valence-corrected chi connectivity index (χ2v) is 5.18. The summed E-state index contributed by atoms with van der Waals surface area (Å²) in [6, 6.07) is 7.32. The summed E-state index contributed by atoms with van der Waals surface area (Å²) >= 11 is 0. The van der Waals surface area contributed by atoms with Crippen molar-refractivity contribution in [3.05, 3.63) is 46.5 Å².